The maximum absolute atomic E-state index is 5.40. The number of rotatable bonds is 9. The Bertz CT molecular complexity index is 345. The van der Waals surface area contributed by atoms with Crippen LogP contribution >= 0.6 is 0 Å². The fourth-order valence-corrected chi connectivity index (χ4v) is 1.45. The molecule has 102 valence electrons. The summed E-state index contributed by atoms with van der Waals surface area (Å²) in [4.78, 5) is 8.51. The zero-order chi connectivity index (χ0) is 13.2. The molecule has 0 unspecified atom stereocenters. The van der Waals surface area contributed by atoms with Gasteiger partial charge in [0.25, 0.3) is 0 Å². The third kappa shape index (κ3) is 5.42. The maximum Gasteiger partial charge on any atom is 0.316 e. The van der Waals surface area contributed by atoms with Gasteiger partial charge in [0, 0.05) is 30.6 Å². The summed E-state index contributed by atoms with van der Waals surface area (Å²) >= 11 is 0. The van der Waals surface area contributed by atoms with Crippen molar-refractivity contribution in [3.05, 3.63) is 17.5 Å². The van der Waals surface area contributed by atoms with E-state index in [1.54, 1.807) is 0 Å². The van der Waals surface area contributed by atoms with Crippen molar-refractivity contribution >= 4 is 0 Å². The van der Waals surface area contributed by atoms with Crippen LogP contribution in [0.2, 0.25) is 0 Å². The molecule has 0 saturated heterocycles. The lowest BCUT2D eigenvalue weighted by molar-refractivity contribution is 0.106. The van der Waals surface area contributed by atoms with E-state index in [0.29, 0.717) is 25.8 Å². The minimum absolute atomic E-state index is 0.423. The van der Waals surface area contributed by atoms with Crippen LogP contribution in [0.5, 0.6) is 6.01 Å². The number of hydrogen-bond donors (Lipinski definition) is 1. The van der Waals surface area contributed by atoms with E-state index in [4.69, 9.17) is 9.47 Å². The summed E-state index contributed by atoms with van der Waals surface area (Å²) in [6, 6.07) is 0.423. The molecule has 1 heterocycles. The molecule has 0 aliphatic carbocycles. The normalized spacial score (nSPS) is 10.6. The molecule has 1 rings (SSSR count). The Hall–Kier alpha value is -1.20. The molecule has 0 fully saturated rings. The Balaban J connectivity index is 2.41. The number of hydrogen-bond acceptors (Lipinski definition) is 5. The average molecular weight is 253 g/mol. The molecule has 1 aromatic rings. The van der Waals surface area contributed by atoms with Crippen LogP contribution in [0.15, 0.2) is 6.20 Å². The zero-order valence-corrected chi connectivity index (χ0v) is 11.5. The van der Waals surface area contributed by atoms with Crippen molar-refractivity contribution in [2.45, 2.75) is 33.7 Å². The van der Waals surface area contributed by atoms with Crippen LogP contribution in [0.3, 0.4) is 0 Å². The quantitative estimate of drug-likeness (QED) is 0.679. The van der Waals surface area contributed by atoms with E-state index in [2.05, 4.69) is 22.2 Å². The second-order valence-electron chi connectivity index (χ2n) is 3.99. The molecule has 5 nitrogen and oxygen atoms in total. The van der Waals surface area contributed by atoms with E-state index < -0.39 is 0 Å². The molecule has 0 spiro atoms. The van der Waals surface area contributed by atoms with Crippen LogP contribution in [0.25, 0.3) is 0 Å². The van der Waals surface area contributed by atoms with E-state index in [1.165, 1.54) is 0 Å². The summed E-state index contributed by atoms with van der Waals surface area (Å²) in [7, 11) is 0. The Labute approximate surface area is 109 Å². The molecule has 0 radical (unpaired) electrons. The molecular formula is C13H23N3O2. The standard InChI is InChI=1S/C13H23N3O2/c1-4-6-14-9-12-10-15-13(16-11(12)3)18-8-7-17-5-2/h10,14H,4-9H2,1-3H3. The second kappa shape index (κ2) is 8.83. The van der Waals surface area contributed by atoms with Crippen LogP contribution < -0.4 is 10.1 Å². The lowest BCUT2D eigenvalue weighted by Crippen LogP contribution is -2.16. The van der Waals surface area contributed by atoms with E-state index >= 15 is 0 Å². The zero-order valence-electron chi connectivity index (χ0n) is 11.5. The third-order valence-electron chi connectivity index (χ3n) is 2.46. The first-order valence-electron chi connectivity index (χ1n) is 6.51. The van der Waals surface area contributed by atoms with Gasteiger partial charge < -0.3 is 14.8 Å². The van der Waals surface area contributed by atoms with Crippen molar-refractivity contribution in [2.75, 3.05) is 26.4 Å². The predicted octanol–water partition coefficient (Wildman–Crippen LogP) is 1.70. The number of nitrogens with zero attached hydrogens (tertiary/aromatic N) is 2. The van der Waals surface area contributed by atoms with Crippen LogP contribution in [-0.4, -0.2) is 36.3 Å². The van der Waals surface area contributed by atoms with E-state index in [-0.39, 0.29) is 0 Å². The van der Waals surface area contributed by atoms with Gasteiger partial charge in [0.15, 0.2) is 0 Å². The molecule has 0 aromatic carbocycles. The first-order valence-corrected chi connectivity index (χ1v) is 6.51. The van der Waals surface area contributed by atoms with Gasteiger partial charge in [0.1, 0.15) is 6.61 Å². The van der Waals surface area contributed by atoms with Gasteiger partial charge in [0.05, 0.1) is 6.61 Å². The lowest BCUT2D eigenvalue weighted by atomic mass is 10.2. The highest BCUT2D eigenvalue weighted by molar-refractivity contribution is 5.17. The molecule has 0 amide bonds. The van der Waals surface area contributed by atoms with Crippen LogP contribution in [-0.2, 0) is 11.3 Å². The molecular weight excluding hydrogens is 230 g/mol. The Morgan fingerprint density at radius 1 is 1.28 bits per heavy atom. The third-order valence-corrected chi connectivity index (χ3v) is 2.46. The first-order chi connectivity index (χ1) is 8.77. The molecule has 0 saturated carbocycles. The Kier molecular flexibility index (Phi) is 7.29. The van der Waals surface area contributed by atoms with Crippen molar-refractivity contribution in [3.63, 3.8) is 0 Å². The van der Waals surface area contributed by atoms with Crippen molar-refractivity contribution in [1.82, 2.24) is 15.3 Å². The van der Waals surface area contributed by atoms with Crippen LogP contribution in [0, 0.1) is 6.92 Å². The molecule has 18 heavy (non-hydrogen) atoms. The lowest BCUT2D eigenvalue weighted by Gasteiger charge is -2.08. The fraction of sp³-hybridized carbons (Fsp3) is 0.692. The minimum atomic E-state index is 0.423. The minimum Gasteiger partial charge on any atom is -0.461 e. The average Bonchev–Trinajstić information content (AvgIpc) is 2.37. The van der Waals surface area contributed by atoms with Gasteiger partial charge in [-0.25, -0.2) is 9.97 Å². The highest BCUT2D eigenvalue weighted by Crippen LogP contribution is 2.08. The van der Waals surface area contributed by atoms with Gasteiger partial charge in [-0.05, 0) is 26.8 Å². The highest BCUT2D eigenvalue weighted by atomic mass is 16.5. The number of aryl methyl sites for hydroxylation is 1. The predicted molar refractivity (Wildman–Crippen MR) is 70.8 cm³/mol. The topological polar surface area (TPSA) is 56.3 Å². The Morgan fingerprint density at radius 2 is 2.11 bits per heavy atom. The molecule has 0 aliphatic rings. The molecule has 5 heteroatoms. The Morgan fingerprint density at radius 3 is 2.78 bits per heavy atom. The van der Waals surface area contributed by atoms with Gasteiger partial charge in [-0.1, -0.05) is 6.92 Å². The number of ether oxygens (including phenoxy) is 2. The largest absolute Gasteiger partial charge is 0.461 e. The summed E-state index contributed by atoms with van der Waals surface area (Å²) in [5.41, 5.74) is 2.07. The number of nitrogens with one attached hydrogen (secondary N) is 1. The van der Waals surface area contributed by atoms with E-state index in [9.17, 15) is 0 Å². The van der Waals surface area contributed by atoms with Gasteiger partial charge in [0.2, 0.25) is 0 Å². The summed E-state index contributed by atoms with van der Waals surface area (Å²) in [5.74, 6) is 0. The molecule has 0 atom stereocenters. The van der Waals surface area contributed by atoms with Crippen molar-refractivity contribution in [1.29, 1.82) is 0 Å². The fourth-order valence-electron chi connectivity index (χ4n) is 1.45. The first kappa shape index (κ1) is 14.9. The van der Waals surface area contributed by atoms with E-state index in [0.717, 1.165) is 30.8 Å². The van der Waals surface area contributed by atoms with Gasteiger partial charge in [-0.15, -0.1) is 0 Å². The summed E-state index contributed by atoms with van der Waals surface area (Å²) in [5, 5.41) is 3.33. The van der Waals surface area contributed by atoms with Crippen molar-refractivity contribution in [2.24, 2.45) is 0 Å². The SMILES string of the molecule is CCCNCc1cnc(OCCOCC)nc1C. The maximum atomic E-state index is 5.40. The van der Waals surface area contributed by atoms with E-state index in [1.807, 2.05) is 20.0 Å². The van der Waals surface area contributed by atoms with Gasteiger partial charge in [-0.3, -0.25) is 0 Å². The highest BCUT2D eigenvalue weighted by Gasteiger charge is 2.03. The number of aromatic nitrogens is 2. The van der Waals surface area contributed by atoms with Crippen LogP contribution in [0.1, 0.15) is 31.5 Å². The smallest absolute Gasteiger partial charge is 0.316 e. The van der Waals surface area contributed by atoms with Crippen LogP contribution in [0.4, 0.5) is 0 Å². The van der Waals surface area contributed by atoms with Gasteiger partial charge >= 0.3 is 6.01 Å². The summed E-state index contributed by atoms with van der Waals surface area (Å²) in [6.07, 6.45) is 2.94. The van der Waals surface area contributed by atoms with Crippen molar-refractivity contribution in [3.8, 4) is 6.01 Å². The second-order valence-corrected chi connectivity index (χ2v) is 3.99. The molecule has 1 aromatic heterocycles. The summed E-state index contributed by atoms with van der Waals surface area (Å²) < 4.78 is 10.6. The summed E-state index contributed by atoms with van der Waals surface area (Å²) in [6.45, 7) is 9.64. The molecule has 0 bridgehead atoms. The molecule has 0 aliphatic heterocycles. The molecule has 1 N–H and O–H groups in total. The van der Waals surface area contributed by atoms with Gasteiger partial charge in [-0.2, -0.15) is 0 Å². The monoisotopic (exact) mass is 253 g/mol. The van der Waals surface area contributed by atoms with Crippen molar-refractivity contribution < 1.29 is 9.47 Å².